The monoisotopic (exact) mass is 562 g/mol. The van der Waals surface area contributed by atoms with Crippen LogP contribution in [0.2, 0.25) is 0 Å². The van der Waals surface area contributed by atoms with Crippen molar-refractivity contribution in [1.29, 1.82) is 0 Å². The number of nitrogens with two attached hydrogens (primary N) is 1. The number of benzene rings is 1. The predicted molar refractivity (Wildman–Crippen MR) is 119 cm³/mol. The van der Waals surface area contributed by atoms with Crippen molar-refractivity contribution in [3.05, 3.63) is 47.3 Å². The van der Waals surface area contributed by atoms with Gasteiger partial charge in [-0.15, -0.1) is 0 Å². The van der Waals surface area contributed by atoms with Gasteiger partial charge in [-0.05, 0) is 31.0 Å². The number of halogens is 8. The first-order valence-corrected chi connectivity index (χ1v) is 11.4. The lowest BCUT2D eigenvalue weighted by atomic mass is 10.00. The van der Waals surface area contributed by atoms with E-state index < -0.39 is 83.2 Å². The van der Waals surface area contributed by atoms with E-state index in [0.717, 1.165) is 21.8 Å². The number of hydrogen-bond acceptors (Lipinski definition) is 5. The average molecular weight is 562 g/mol. The van der Waals surface area contributed by atoms with Crippen molar-refractivity contribution in [1.82, 2.24) is 24.8 Å². The number of nitrogens with zero attached hydrogens (tertiary/aromatic N) is 4. The first-order valence-electron chi connectivity index (χ1n) is 11.4. The summed E-state index contributed by atoms with van der Waals surface area (Å²) in [7, 11) is 0. The fraction of sp³-hybridized carbons (Fsp3) is 0.391. The van der Waals surface area contributed by atoms with Crippen LogP contribution in [0.25, 0.3) is 16.8 Å². The molecule has 1 aromatic carbocycles. The number of nitrogens with one attached hydrogen (secondary N) is 1. The van der Waals surface area contributed by atoms with Crippen LogP contribution < -0.4 is 11.1 Å². The molecule has 5 rings (SSSR count). The van der Waals surface area contributed by atoms with Crippen LogP contribution in [0.3, 0.4) is 0 Å². The second-order valence-corrected chi connectivity index (χ2v) is 9.38. The van der Waals surface area contributed by atoms with Crippen molar-refractivity contribution in [2.45, 2.75) is 43.1 Å². The second kappa shape index (κ2) is 8.77. The number of amides is 2. The van der Waals surface area contributed by atoms with E-state index in [-0.39, 0.29) is 24.1 Å². The van der Waals surface area contributed by atoms with Gasteiger partial charge in [0.05, 0.1) is 35.0 Å². The number of hydrogen-bond donors (Lipinski definition) is 2. The summed E-state index contributed by atoms with van der Waals surface area (Å²) < 4.78 is 112. The van der Waals surface area contributed by atoms with E-state index in [1.165, 1.54) is 0 Å². The number of rotatable bonds is 4. The predicted octanol–water partition coefficient (Wildman–Crippen LogP) is 3.80. The number of fused-ring (bicyclic) bond motifs is 1. The Morgan fingerprint density at radius 3 is 2.31 bits per heavy atom. The number of carbonyl (C=O) groups is 2. The molecule has 1 aliphatic heterocycles. The quantitative estimate of drug-likeness (QED) is 0.471. The number of likely N-dealkylation sites (tertiary alicyclic amines) is 1. The van der Waals surface area contributed by atoms with Gasteiger partial charge in [-0.1, -0.05) is 6.07 Å². The molecule has 2 aliphatic rings. The minimum atomic E-state index is -5.06. The van der Waals surface area contributed by atoms with E-state index in [0.29, 0.717) is 18.2 Å². The Labute approximate surface area is 213 Å². The summed E-state index contributed by atoms with van der Waals surface area (Å²) in [5, 5.41) is 5.83. The summed E-state index contributed by atoms with van der Waals surface area (Å²) in [6.07, 6.45) is -11.1. The smallest absolute Gasteiger partial charge is 0.382 e. The Kier molecular flexibility index (Phi) is 5.99. The van der Waals surface area contributed by atoms with Gasteiger partial charge in [0.25, 0.3) is 11.8 Å². The van der Waals surface area contributed by atoms with Crippen molar-refractivity contribution in [2.24, 2.45) is 0 Å². The van der Waals surface area contributed by atoms with Gasteiger partial charge in [0.15, 0.2) is 11.5 Å². The second-order valence-electron chi connectivity index (χ2n) is 9.38. The van der Waals surface area contributed by atoms with Crippen LogP contribution in [-0.2, 0) is 17.1 Å². The highest BCUT2D eigenvalue weighted by Gasteiger charge is 2.54. The highest BCUT2D eigenvalue weighted by atomic mass is 19.4. The molecular weight excluding hydrogens is 544 g/mol. The SMILES string of the molecule is Nc1ncnn2c(-c3ccc(C(F)(F)F)c(C(=O)N[C@@H]4CN(C(=O)C5(F)CC5)C[C@@H]4F)c3)cc(C(F)(F)F)c12. The molecule has 0 spiro atoms. The van der Waals surface area contributed by atoms with Crippen LogP contribution >= 0.6 is 0 Å². The Morgan fingerprint density at radius 2 is 1.69 bits per heavy atom. The first kappa shape index (κ1) is 26.6. The molecule has 0 bridgehead atoms. The van der Waals surface area contributed by atoms with Crippen LogP contribution in [0.15, 0.2) is 30.6 Å². The molecule has 208 valence electrons. The zero-order chi connectivity index (χ0) is 28.5. The van der Waals surface area contributed by atoms with Gasteiger partial charge in [0.2, 0.25) is 0 Å². The lowest BCUT2D eigenvalue weighted by molar-refractivity contribution is -0.138. The zero-order valence-electron chi connectivity index (χ0n) is 19.6. The van der Waals surface area contributed by atoms with Crippen LogP contribution in [0.5, 0.6) is 0 Å². The van der Waals surface area contributed by atoms with Crippen LogP contribution in [-0.4, -0.2) is 62.3 Å². The van der Waals surface area contributed by atoms with E-state index in [4.69, 9.17) is 5.73 Å². The summed E-state index contributed by atoms with van der Waals surface area (Å²) in [5.41, 5.74) is -1.43. The zero-order valence-corrected chi connectivity index (χ0v) is 19.6. The third-order valence-electron chi connectivity index (χ3n) is 6.68. The number of carbonyl (C=O) groups excluding carboxylic acids is 2. The van der Waals surface area contributed by atoms with Crippen molar-refractivity contribution >= 4 is 23.1 Å². The maximum atomic E-state index is 14.6. The molecule has 39 heavy (non-hydrogen) atoms. The van der Waals surface area contributed by atoms with Gasteiger partial charge in [-0.3, -0.25) is 9.59 Å². The van der Waals surface area contributed by atoms with Gasteiger partial charge in [-0.25, -0.2) is 18.3 Å². The van der Waals surface area contributed by atoms with Gasteiger partial charge in [-0.2, -0.15) is 31.4 Å². The molecule has 16 heteroatoms. The molecule has 2 fully saturated rings. The average Bonchev–Trinajstić information content (AvgIpc) is 3.30. The summed E-state index contributed by atoms with van der Waals surface area (Å²) in [4.78, 5) is 29.6. The largest absolute Gasteiger partial charge is 0.418 e. The van der Waals surface area contributed by atoms with Gasteiger partial charge >= 0.3 is 12.4 Å². The topological polar surface area (TPSA) is 106 Å². The van der Waals surface area contributed by atoms with Gasteiger partial charge in [0, 0.05) is 12.1 Å². The fourth-order valence-electron chi connectivity index (χ4n) is 4.55. The summed E-state index contributed by atoms with van der Waals surface area (Å²) >= 11 is 0. The third-order valence-corrected chi connectivity index (χ3v) is 6.68. The Hall–Kier alpha value is -3.98. The number of aromatic nitrogens is 3. The highest BCUT2D eigenvalue weighted by Crippen LogP contribution is 2.43. The van der Waals surface area contributed by atoms with E-state index in [2.05, 4.69) is 15.4 Å². The summed E-state index contributed by atoms with van der Waals surface area (Å²) in [6, 6.07) is 1.22. The molecule has 2 aromatic heterocycles. The van der Waals surface area contributed by atoms with Crippen molar-refractivity contribution in [3.63, 3.8) is 0 Å². The number of alkyl halides is 8. The maximum absolute atomic E-state index is 14.6. The van der Waals surface area contributed by atoms with Gasteiger partial charge in [0.1, 0.15) is 18.0 Å². The molecule has 0 unspecified atom stereocenters. The molecule has 1 saturated carbocycles. The van der Waals surface area contributed by atoms with Crippen molar-refractivity contribution in [3.8, 4) is 11.3 Å². The number of anilines is 1. The molecule has 3 N–H and O–H groups in total. The maximum Gasteiger partial charge on any atom is 0.418 e. The first-order chi connectivity index (χ1) is 18.1. The molecule has 2 atom stereocenters. The third kappa shape index (κ3) is 4.71. The van der Waals surface area contributed by atoms with E-state index in [1.54, 1.807) is 0 Å². The number of nitrogen functional groups attached to an aromatic ring is 1. The standard InChI is InChI=1S/C23H18F8N6O2/c24-14-7-36(20(39)21(25)3-4-21)8-15(14)35-19(38)11-5-10(1-2-12(11)22(26,27)28)16-6-13(23(29,30)31)17-18(32)33-9-34-37(16)17/h1-2,5-6,9,14-15H,3-4,7-8H2,(H,35,38)(H2,32,33,34)/t14-,15+/m0/s1. The fourth-order valence-corrected chi connectivity index (χ4v) is 4.55. The van der Waals surface area contributed by atoms with E-state index in [1.807, 2.05) is 0 Å². The highest BCUT2D eigenvalue weighted by molar-refractivity contribution is 5.98. The summed E-state index contributed by atoms with van der Waals surface area (Å²) in [6.45, 7) is -1.02. The van der Waals surface area contributed by atoms with Crippen LogP contribution in [0, 0.1) is 0 Å². The minimum Gasteiger partial charge on any atom is -0.382 e. The molecule has 3 heterocycles. The van der Waals surface area contributed by atoms with E-state index in [9.17, 15) is 44.7 Å². The minimum absolute atomic E-state index is 0.0287. The molecule has 0 radical (unpaired) electrons. The lowest BCUT2D eigenvalue weighted by Crippen LogP contribution is -2.43. The Balaban J connectivity index is 1.52. The molecular formula is C23H18F8N6O2. The lowest BCUT2D eigenvalue weighted by Gasteiger charge is -2.19. The molecule has 1 aliphatic carbocycles. The molecule has 8 nitrogen and oxygen atoms in total. The van der Waals surface area contributed by atoms with Crippen LogP contribution in [0.1, 0.15) is 34.3 Å². The van der Waals surface area contributed by atoms with E-state index >= 15 is 0 Å². The molecule has 3 aromatic rings. The van der Waals surface area contributed by atoms with Crippen LogP contribution in [0.4, 0.5) is 40.9 Å². The van der Waals surface area contributed by atoms with Crippen molar-refractivity contribution < 1.29 is 44.7 Å². The molecule has 2 amide bonds. The summed E-state index contributed by atoms with van der Waals surface area (Å²) in [5.74, 6) is -2.88. The normalized spacial score (nSPS) is 20.9. The van der Waals surface area contributed by atoms with Gasteiger partial charge < -0.3 is 16.0 Å². The molecule has 1 saturated heterocycles. The Morgan fingerprint density at radius 1 is 1.03 bits per heavy atom. The Bertz CT molecular complexity index is 1480. The van der Waals surface area contributed by atoms with Crippen molar-refractivity contribution in [2.75, 3.05) is 18.8 Å².